The largest absolute Gasteiger partial charge is 0.354 e. The third-order valence-electron chi connectivity index (χ3n) is 4.27. The molecule has 0 aliphatic heterocycles. The van der Waals surface area contributed by atoms with Gasteiger partial charge < -0.3 is 14.8 Å². The zero-order valence-electron chi connectivity index (χ0n) is 14.3. The van der Waals surface area contributed by atoms with Gasteiger partial charge in [-0.1, -0.05) is 32.0 Å². The van der Waals surface area contributed by atoms with Crippen molar-refractivity contribution in [1.82, 2.24) is 14.8 Å². The number of aromatic nitrogens is 1. The molecule has 2 rings (SSSR count). The molecule has 2 aromatic rings. The second-order valence-electron chi connectivity index (χ2n) is 6.54. The van der Waals surface area contributed by atoms with E-state index in [9.17, 15) is 4.79 Å². The van der Waals surface area contributed by atoms with Gasteiger partial charge in [-0.15, -0.1) is 0 Å². The Kier molecular flexibility index (Phi) is 5.24. The Morgan fingerprint density at radius 2 is 1.95 bits per heavy atom. The summed E-state index contributed by atoms with van der Waals surface area (Å²) in [6.07, 6.45) is 2.48. The molecule has 0 fully saturated rings. The van der Waals surface area contributed by atoms with Gasteiger partial charge in [0.1, 0.15) is 0 Å². The first-order valence-electron chi connectivity index (χ1n) is 7.86. The standard InChI is InChI=1S/C18H27N3O/c1-13(2)17(20(3)4)11-19-18(22)10-14-12-21(5)16-9-7-6-8-15(14)16/h6-9,12-13,17H,10-11H2,1-5H3,(H,19,22). The Morgan fingerprint density at radius 3 is 2.59 bits per heavy atom. The van der Waals surface area contributed by atoms with Gasteiger partial charge in [0.2, 0.25) is 5.91 Å². The zero-order chi connectivity index (χ0) is 16.3. The summed E-state index contributed by atoms with van der Waals surface area (Å²) in [5.41, 5.74) is 2.25. The van der Waals surface area contributed by atoms with E-state index in [0.717, 1.165) is 10.9 Å². The summed E-state index contributed by atoms with van der Waals surface area (Å²) in [4.78, 5) is 14.4. The zero-order valence-corrected chi connectivity index (χ0v) is 14.3. The SMILES string of the molecule is CC(C)C(CNC(=O)Cc1cn(C)c2ccccc12)N(C)C. The van der Waals surface area contributed by atoms with Crippen molar-refractivity contribution in [1.29, 1.82) is 0 Å². The van der Waals surface area contributed by atoms with Crippen LogP contribution >= 0.6 is 0 Å². The number of carbonyl (C=O) groups excluding carboxylic acids is 1. The highest BCUT2D eigenvalue weighted by atomic mass is 16.1. The normalized spacial score (nSPS) is 13.0. The molecule has 0 saturated carbocycles. The monoisotopic (exact) mass is 301 g/mol. The maximum atomic E-state index is 12.3. The molecule has 4 nitrogen and oxygen atoms in total. The van der Waals surface area contributed by atoms with Crippen LogP contribution in [0.5, 0.6) is 0 Å². The number of hydrogen-bond acceptors (Lipinski definition) is 2. The fourth-order valence-corrected chi connectivity index (χ4v) is 3.03. The predicted octanol–water partition coefficient (Wildman–Crippen LogP) is 2.42. The van der Waals surface area contributed by atoms with Crippen molar-refractivity contribution in [2.45, 2.75) is 26.3 Å². The van der Waals surface area contributed by atoms with Crippen LogP contribution in [0.3, 0.4) is 0 Å². The number of fused-ring (bicyclic) bond motifs is 1. The topological polar surface area (TPSA) is 37.3 Å². The number of likely N-dealkylation sites (N-methyl/N-ethyl adjacent to an activating group) is 1. The number of carbonyl (C=O) groups is 1. The highest BCUT2D eigenvalue weighted by molar-refractivity contribution is 5.89. The summed E-state index contributed by atoms with van der Waals surface area (Å²) in [5, 5.41) is 4.24. The van der Waals surface area contributed by atoms with Crippen LogP contribution in [-0.4, -0.2) is 42.1 Å². The van der Waals surface area contributed by atoms with Crippen molar-refractivity contribution in [2.75, 3.05) is 20.6 Å². The van der Waals surface area contributed by atoms with Gasteiger partial charge in [0.15, 0.2) is 0 Å². The van der Waals surface area contributed by atoms with E-state index < -0.39 is 0 Å². The lowest BCUT2D eigenvalue weighted by Gasteiger charge is -2.28. The average molecular weight is 301 g/mol. The number of rotatable bonds is 6. The third-order valence-corrected chi connectivity index (χ3v) is 4.27. The molecule has 22 heavy (non-hydrogen) atoms. The summed E-state index contributed by atoms with van der Waals surface area (Å²) >= 11 is 0. The van der Waals surface area contributed by atoms with E-state index in [1.165, 1.54) is 5.52 Å². The molecule has 1 unspecified atom stereocenters. The fraction of sp³-hybridized carbons (Fsp3) is 0.500. The van der Waals surface area contributed by atoms with Crippen molar-refractivity contribution >= 4 is 16.8 Å². The van der Waals surface area contributed by atoms with Crippen molar-refractivity contribution in [3.63, 3.8) is 0 Å². The van der Waals surface area contributed by atoms with Gasteiger partial charge in [0, 0.05) is 36.7 Å². The first-order chi connectivity index (χ1) is 10.4. The van der Waals surface area contributed by atoms with E-state index in [4.69, 9.17) is 0 Å². The molecule has 1 amide bonds. The van der Waals surface area contributed by atoms with E-state index in [1.807, 2.05) is 19.2 Å². The van der Waals surface area contributed by atoms with Crippen LogP contribution in [0.15, 0.2) is 30.5 Å². The van der Waals surface area contributed by atoms with Crippen LogP contribution < -0.4 is 5.32 Å². The van der Waals surface area contributed by atoms with E-state index in [2.05, 4.69) is 61.1 Å². The highest BCUT2D eigenvalue weighted by Crippen LogP contribution is 2.20. The molecule has 1 N–H and O–H groups in total. The summed E-state index contributed by atoms with van der Waals surface area (Å²) in [7, 11) is 6.13. The molecule has 1 aromatic heterocycles. The second kappa shape index (κ2) is 6.97. The van der Waals surface area contributed by atoms with Crippen LogP contribution in [0, 0.1) is 5.92 Å². The minimum absolute atomic E-state index is 0.0869. The molecule has 1 aromatic carbocycles. The number of benzene rings is 1. The summed E-state index contributed by atoms with van der Waals surface area (Å²) < 4.78 is 2.08. The number of hydrogen-bond donors (Lipinski definition) is 1. The van der Waals surface area contributed by atoms with Gasteiger partial charge in [0.05, 0.1) is 6.42 Å². The Morgan fingerprint density at radius 1 is 1.27 bits per heavy atom. The van der Waals surface area contributed by atoms with Gasteiger partial charge in [-0.3, -0.25) is 4.79 Å². The van der Waals surface area contributed by atoms with Crippen molar-refractivity contribution in [2.24, 2.45) is 13.0 Å². The number of aryl methyl sites for hydroxylation is 1. The van der Waals surface area contributed by atoms with Gasteiger partial charge >= 0.3 is 0 Å². The number of nitrogens with one attached hydrogen (secondary N) is 1. The van der Waals surface area contributed by atoms with E-state index in [-0.39, 0.29) is 5.91 Å². The smallest absolute Gasteiger partial charge is 0.224 e. The van der Waals surface area contributed by atoms with Crippen LogP contribution in [0.25, 0.3) is 10.9 Å². The van der Waals surface area contributed by atoms with Gasteiger partial charge in [-0.25, -0.2) is 0 Å². The van der Waals surface area contributed by atoms with Crippen LogP contribution in [0.2, 0.25) is 0 Å². The number of amides is 1. The second-order valence-corrected chi connectivity index (χ2v) is 6.54. The summed E-state index contributed by atoms with van der Waals surface area (Å²) in [6, 6.07) is 8.56. The molecular formula is C18H27N3O. The Hall–Kier alpha value is -1.81. The fourth-order valence-electron chi connectivity index (χ4n) is 3.03. The molecule has 0 bridgehead atoms. The molecule has 4 heteroatoms. The maximum Gasteiger partial charge on any atom is 0.224 e. The van der Waals surface area contributed by atoms with Crippen LogP contribution in [0.1, 0.15) is 19.4 Å². The summed E-state index contributed by atoms with van der Waals surface area (Å²) in [5.74, 6) is 0.594. The molecule has 0 aliphatic rings. The van der Waals surface area contributed by atoms with Gasteiger partial charge in [-0.05, 0) is 31.6 Å². The number of para-hydroxylation sites is 1. The lowest BCUT2D eigenvalue weighted by Crippen LogP contribution is -2.43. The summed E-state index contributed by atoms with van der Waals surface area (Å²) in [6.45, 7) is 5.05. The first kappa shape index (κ1) is 16.6. The molecule has 120 valence electrons. The van der Waals surface area contributed by atoms with Gasteiger partial charge in [0.25, 0.3) is 0 Å². The van der Waals surface area contributed by atoms with E-state index in [1.54, 1.807) is 0 Å². The quantitative estimate of drug-likeness (QED) is 0.890. The van der Waals surface area contributed by atoms with E-state index >= 15 is 0 Å². The van der Waals surface area contributed by atoms with Crippen molar-refractivity contribution < 1.29 is 4.79 Å². The molecule has 1 atom stereocenters. The highest BCUT2D eigenvalue weighted by Gasteiger charge is 2.17. The first-order valence-corrected chi connectivity index (χ1v) is 7.86. The van der Waals surface area contributed by atoms with Crippen molar-refractivity contribution in [3.05, 3.63) is 36.0 Å². The molecule has 0 spiro atoms. The average Bonchev–Trinajstić information content (AvgIpc) is 2.75. The lowest BCUT2D eigenvalue weighted by atomic mass is 10.0. The van der Waals surface area contributed by atoms with E-state index in [0.29, 0.717) is 24.9 Å². The van der Waals surface area contributed by atoms with Crippen LogP contribution in [0.4, 0.5) is 0 Å². The predicted molar refractivity (Wildman–Crippen MR) is 91.9 cm³/mol. The minimum Gasteiger partial charge on any atom is -0.354 e. The van der Waals surface area contributed by atoms with Gasteiger partial charge in [-0.2, -0.15) is 0 Å². The molecule has 0 aliphatic carbocycles. The Balaban J connectivity index is 2.02. The molecular weight excluding hydrogens is 274 g/mol. The molecule has 1 heterocycles. The Bertz CT molecular complexity index is 635. The lowest BCUT2D eigenvalue weighted by molar-refractivity contribution is -0.120. The maximum absolute atomic E-state index is 12.3. The minimum atomic E-state index is 0.0869. The third kappa shape index (κ3) is 3.69. The molecule has 0 radical (unpaired) electrons. The Labute approximate surface area is 133 Å². The van der Waals surface area contributed by atoms with Crippen LogP contribution in [-0.2, 0) is 18.3 Å². The number of nitrogens with zero attached hydrogens (tertiary/aromatic N) is 2. The van der Waals surface area contributed by atoms with Crippen molar-refractivity contribution in [3.8, 4) is 0 Å². The molecule has 0 saturated heterocycles.